The summed E-state index contributed by atoms with van der Waals surface area (Å²) in [5, 5.41) is 0. The van der Waals surface area contributed by atoms with Crippen LogP contribution in [0.15, 0.2) is 11.6 Å². The van der Waals surface area contributed by atoms with Gasteiger partial charge in [-0.3, -0.25) is 0 Å². The maximum absolute atomic E-state index is 5.91. The molecule has 0 N–H and O–H groups in total. The second kappa shape index (κ2) is 5.83. The molecule has 0 radical (unpaired) electrons. The van der Waals surface area contributed by atoms with Crippen LogP contribution in [0.2, 0.25) is 0 Å². The molecule has 116 valence electrons. The Morgan fingerprint density at radius 2 is 1.85 bits per heavy atom. The first kappa shape index (κ1) is 16.1. The standard InChI is InChI=1S/C19H34O/c1-7-15(16(20-6)13-14(2)3)17-18(4,5)9-8-10-19(17)11-12-19/h7,14,16-17H,8-13H2,1-6H3/b15-7+. The maximum Gasteiger partial charge on any atom is 0.0786 e. The number of allylic oxidation sites excluding steroid dienone is 1. The Kier molecular flexibility index (Phi) is 4.69. The summed E-state index contributed by atoms with van der Waals surface area (Å²) in [4.78, 5) is 0. The van der Waals surface area contributed by atoms with E-state index in [0.717, 1.165) is 12.3 Å². The van der Waals surface area contributed by atoms with Crippen molar-refractivity contribution in [3.63, 3.8) is 0 Å². The second-order valence-corrected chi connectivity index (χ2v) is 8.28. The number of methoxy groups -OCH3 is 1. The molecule has 1 heteroatoms. The number of ether oxygens (including phenoxy) is 1. The molecule has 2 aliphatic rings. The first-order valence-electron chi connectivity index (χ1n) is 8.55. The lowest BCUT2D eigenvalue weighted by atomic mass is 9.58. The maximum atomic E-state index is 5.91. The van der Waals surface area contributed by atoms with Crippen molar-refractivity contribution in [2.24, 2.45) is 22.7 Å². The van der Waals surface area contributed by atoms with Crippen LogP contribution in [0.25, 0.3) is 0 Å². The third-order valence-corrected chi connectivity index (χ3v) is 5.79. The SMILES string of the molecule is C/C=C(\C(CC(C)C)OC)C1C(C)(C)CCCC12CC2. The summed E-state index contributed by atoms with van der Waals surface area (Å²) in [5.41, 5.74) is 2.66. The van der Waals surface area contributed by atoms with E-state index in [2.05, 4.69) is 40.7 Å². The molecule has 1 nitrogen and oxygen atoms in total. The topological polar surface area (TPSA) is 9.23 Å². The normalized spacial score (nSPS) is 29.8. The lowest BCUT2D eigenvalue weighted by molar-refractivity contribution is 0.0400. The monoisotopic (exact) mass is 278 g/mol. The van der Waals surface area contributed by atoms with Gasteiger partial charge in [-0.05, 0) is 67.3 Å². The zero-order chi connectivity index (χ0) is 15.0. The summed E-state index contributed by atoms with van der Waals surface area (Å²) in [6.07, 6.45) is 11.0. The van der Waals surface area contributed by atoms with E-state index in [1.54, 1.807) is 5.57 Å². The van der Waals surface area contributed by atoms with E-state index in [-0.39, 0.29) is 0 Å². The first-order chi connectivity index (χ1) is 9.36. The van der Waals surface area contributed by atoms with E-state index in [4.69, 9.17) is 4.74 Å². The third-order valence-electron chi connectivity index (χ3n) is 5.79. The van der Waals surface area contributed by atoms with Crippen LogP contribution < -0.4 is 0 Å². The van der Waals surface area contributed by atoms with Gasteiger partial charge in [-0.25, -0.2) is 0 Å². The van der Waals surface area contributed by atoms with Gasteiger partial charge in [0, 0.05) is 7.11 Å². The average Bonchev–Trinajstić information content (AvgIpc) is 3.11. The van der Waals surface area contributed by atoms with Crippen LogP contribution in [-0.2, 0) is 4.74 Å². The van der Waals surface area contributed by atoms with Gasteiger partial charge in [0.2, 0.25) is 0 Å². The molecule has 0 aromatic heterocycles. The van der Waals surface area contributed by atoms with Crippen molar-refractivity contribution >= 4 is 0 Å². The molecule has 0 saturated heterocycles. The molecule has 0 aromatic rings. The van der Waals surface area contributed by atoms with Crippen molar-refractivity contribution in [2.75, 3.05) is 7.11 Å². The van der Waals surface area contributed by atoms with Crippen LogP contribution in [0.1, 0.15) is 73.1 Å². The van der Waals surface area contributed by atoms with Gasteiger partial charge in [-0.1, -0.05) is 40.2 Å². The van der Waals surface area contributed by atoms with E-state index in [1.807, 2.05) is 7.11 Å². The first-order valence-corrected chi connectivity index (χ1v) is 8.55. The number of hydrogen-bond acceptors (Lipinski definition) is 1. The zero-order valence-electron chi connectivity index (χ0n) is 14.5. The fourth-order valence-electron chi connectivity index (χ4n) is 4.85. The molecular weight excluding hydrogens is 244 g/mol. The van der Waals surface area contributed by atoms with Crippen LogP contribution in [0.4, 0.5) is 0 Å². The quantitative estimate of drug-likeness (QED) is 0.595. The fraction of sp³-hybridized carbons (Fsp3) is 0.895. The Labute approximate surface area is 126 Å². The molecule has 0 aliphatic heterocycles. The lowest BCUT2D eigenvalue weighted by Gasteiger charge is -2.48. The van der Waals surface area contributed by atoms with Gasteiger partial charge in [0.15, 0.2) is 0 Å². The van der Waals surface area contributed by atoms with Crippen molar-refractivity contribution in [2.45, 2.75) is 79.2 Å². The summed E-state index contributed by atoms with van der Waals surface area (Å²) in [6.45, 7) is 11.8. The average molecular weight is 278 g/mol. The Morgan fingerprint density at radius 3 is 2.30 bits per heavy atom. The molecule has 0 heterocycles. The van der Waals surface area contributed by atoms with Crippen molar-refractivity contribution in [1.29, 1.82) is 0 Å². The molecular formula is C19H34O. The van der Waals surface area contributed by atoms with E-state index in [9.17, 15) is 0 Å². The fourth-order valence-corrected chi connectivity index (χ4v) is 4.85. The van der Waals surface area contributed by atoms with Crippen LogP contribution in [-0.4, -0.2) is 13.2 Å². The lowest BCUT2D eigenvalue weighted by Crippen LogP contribution is -2.41. The molecule has 1 spiro atoms. The molecule has 0 bridgehead atoms. The number of hydrogen-bond donors (Lipinski definition) is 0. The molecule has 2 saturated carbocycles. The van der Waals surface area contributed by atoms with E-state index >= 15 is 0 Å². The van der Waals surface area contributed by atoms with Crippen molar-refractivity contribution in [1.82, 2.24) is 0 Å². The third kappa shape index (κ3) is 2.98. The zero-order valence-corrected chi connectivity index (χ0v) is 14.5. The second-order valence-electron chi connectivity index (χ2n) is 8.28. The minimum Gasteiger partial charge on any atom is -0.377 e. The highest BCUT2D eigenvalue weighted by Crippen LogP contribution is 2.67. The van der Waals surface area contributed by atoms with Crippen LogP contribution in [0, 0.1) is 22.7 Å². The van der Waals surface area contributed by atoms with Gasteiger partial charge in [0.25, 0.3) is 0 Å². The molecule has 0 aromatic carbocycles. The molecule has 2 aliphatic carbocycles. The molecule has 0 amide bonds. The van der Waals surface area contributed by atoms with Gasteiger partial charge in [-0.2, -0.15) is 0 Å². The molecule has 2 rings (SSSR count). The largest absolute Gasteiger partial charge is 0.377 e. The highest BCUT2D eigenvalue weighted by atomic mass is 16.5. The Morgan fingerprint density at radius 1 is 1.20 bits per heavy atom. The predicted molar refractivity (Wildman–Crippen MR) is 86.8 cm³/mol. The van der Waals surface area contributed by atoms with Crippen molar-refractivity contribution in [3.8, 4) is 0 Å². The summed E-state index contributed by atoms with van der Waals surface area (Å²) in [5.74, 6) is 1.43. The van der Waals surface area contributed by atoms with Crippen LogP contribution in [0.3, 0.4) is 0 Å². The highest BCUT2D eigenvalue weighted by molar-refractivity contribution is 5.24. The molecule has 20 heavy (non-hydrogen) atoms. The van der Waals surface area contributed by atoms with Crippen LogP contribution >= 0.6 is 0 Å². The van der Waals surface area contributed by atoms with E-state index in [0.29, 0.717) is 22.9 Å². The van der Waals surface area contributed by atoms with Gasteiger partial charge in [-0.15, -0.1) is 0 Å². The van der Waals surface area contributed by atoms with E-state index < -0.39 is 0 Å². The summed E-state index contributed by atoms with van der Waals surface area (Å²) >= 11 is 0. The molecule has 2 atom stereocenters. The van der Waals surface area contributed by atoms with E-state index in [1.165, 1.54) is 32.1 Å². The molecule has 2 unspecified atom stereocenters. The van der Waals surface area contributed by atoms with Gasteiger partial charge >= 0.3 is 0 Å². The van der Waals surface area contributed by atoms with Gasteiger partial charge < -0.3 is 4.74 Å². The highest BCUT2D eigenvalue weighted by Gasteiger charge is 2.57. The smallest absolute Gasteiger partial charge is 0.0786 e. The Balaban J connectivity index is 2.28. The van der Waals surface area contributed by atoms with Crippen LogP contribution in [0.5, 0.6) is 0 Å². The minimum absolute atomic E-state index is 0.319. The molecule has 2 fully saturated rings. The Hall–Kier alpha value is -0.300. The van der Waals surface area contributed by atoms with Crippen molar-refractivity contribution in [3.05, 3.63) is 11.6 Å². The summed E-state index contributed by atoms with van der Waals surface area (Å²) < 4.78 is 5.91. The minimum atomic E-state index is 0.319. The summed E-state index contributed by atoms with van der Waals surface area (Å²) in [7, 11) is 1.89. The Bertz CT molecular complexity index is 354. The van der Waals surface area contributed by atoms with Gasteiger partial charge in [0.1, 0.15) is 0 Å². The van der Waals surface area contributed by atoms with Gasteiger partial charge in [0.05, 0.1) is 6.10 Å². The van der Waals surface area contributed by atoms with Crippen molar-refractivity contribution < 1.29 is 4.74 Å². The number of rotatable bonds is 5. The summed E-state index contributed by atoms with van der Waals surface area (Å²) in [6, 6.07) is 0. The predicted octanol–water partition coefficient (Wildman–Crippen LogP) is 5.60.